The summed E-state index contributed by atoms with van der Waals surface area (Å²) in [7, 11) is -3.89. The minimum atomic E-state index is -3.89. The van der Waals surface area contributed by atoms with Gasteiger partial charge in [-0.05, 0) is 67.9 Å². The number of rotatable bonds is 4. The van der Waals surface area contributed by atoms with Crippen molar-refractivity contribution < 1.29 is 17.9 Å². The second-order valence-corrected chi connectivity index (χ2v) is 11.0. The topological polar surface area (TPSA) is 88.6 Å². The van der Waals surface area contributed by atoms with E-state index in [1.54, 1.807) is 28.4 Å². The van der Waals surface area contributed by atoms with Crippen molar-refractivity contribution in [2.45, 2.75) is 31.8 Å². The van der Waals surface area contributed by atoms with Crippen molar-refractivity contribution in [3.8, 4) is 16.3 Å². The summed E-state index contributed by atoms with van der Waals surface area (Å²) in [6, 6.07) is 18.0. The van der Waals surface area contributed by atoms with Gasteiger partial charge in [-0.2, -0.15) is 0 Å². The monoisotopic (exact) mass is 493 g/mol. The molecule has 1 atom stereocenters. The fourth-order valence-electron chi connectivity index (χ4n) is 3.99. The highest BCUT2D eigenvalue weighted by Crippen LogP contribution is 2.37. The number of ether oxygens (including phenoxy) is 1. The van der Waals surface area contributed by atoms with Crippen LogP contribution in [-0.4, -0.2) is 32.0 Å². The Hall–Kier alpha value is -3.43. The van der Waals surface area contributed by atoms with Crippen LogP contribution in [0.25, 0.3) is 20.8 Å². The van der Waals surface area contributed by atoms with Crippen LogP contribution in [-0.2, 0) is 14.8 Å². The van der Waals surface area contributed by atoms with E-state index in [0.717, 1.165) is 26.4 Å². The summed E-state index contributed by atoms with van der Waals surface area (Å²) in [6.07, 6.45) is -0.173. The minimum absolute atomic E-state index is 0.0605. The predicted molar refractivity (Wildman–Crippen MR) is 135 cm³/mol. The lowest BCUT2D eigenvalue weighted by molar-refractivity contribution is -0.117. The molecule has 3 aromatic carbocycles. The Bertz CT molecular complexity index is 1500. The Morgan fingerprint density at radius 3 is 2.68 bits per heavy atom. The Morgan fingerprint density at radius 2 is 1.94 bits per heavy atom. The molecule has 1 N–H and O–H groups in total. The van der Waals surface area contributed by atoms with Gasteiger partial charge in [0.1, 0.15) is 16.9 Å². The SMILES string of the molecule is CC(=O)N1C[C@H](C)Oc2ccc(S(=O)(=O)Nc3ccc(-c4nc5ccccc5s4)cc3C)cc21. The Kier molecular flexibility index (Phi) is 5.53. The lowest BCUT2D eigenvalue weighted by Crippen LogP contribution is -2.41. The molecule has 0 aliphatic carbocycles. The minimum Gasteiger partial charge on any atom is -0.487 e. The number of carbonyl (C=O) groups is 1. The normalized spacial score (nSPS) is 15.6. The molecule has 0 saturated carbocycles. The van der Waals surface area contributed by atoms with E-state index in [1.165, 1.54) is 19.1 Å². The van der Waals surface area contributed by atoms with Crippen molar-refractivity contribution in [3.63, 3.8) is 0 Å². The van der Waals surface area contributed by atoms with Crippen LogP contribution in [0.4, 0.5) is 11.4 Å². The molecule has 0 spiro atoms. The third-order valence-electron chi connectivity index (χ3n) is 5.69. The van der Waals surface area contributed by atoms with Gasteiger partial charge in [-0.25, -0.2) is 13.4 Å². The number of aryl methyl sites for hydroxylation is 1. The number of anilines is 2. The molecular formula is C25H23N3O4S2. The standard InChI is InChI=1S/C25H23N3O4S2/c1-15-12-18(25-26-21-6-4-5-7-24(21)33-25)8-10-20(15)27-34(30,31)19-9-11-23-22(13-19)28(17(3)29)14-16(2)32-23/h4-13,16,27H,14H2,1-3H3/t16-/m0/s1. The highest BCUT2D eigenvalue weighted by Gasteiger charge is 2.28. The van der Waals surface area contributed by atoms with Gasteiger partial charge in [0.15, 0.2) is 0 Å². The number of para-hydroxylation sites is 1. The average Bonchev–Trinajstić information content (AvgIpc) is 3.23. The lowest BCUT2D eigenvalue weighted by atomic mass is 10.1. The summed E-state index contributed by atoms with van der Waals surface area (Å²) < 4.78 is 35.9. The fraction of sp³-hybridized carbons (Fsp3) is 0.200. The van der Waals surface area contributed by atoms with Gasteiger partial charge in [0, 0.05) is 12.5 Å². The van der Waals surface area contributed by atoms with Crippen molar-refractivity contribution in [1.29, 1.82) is 0 Å². The van der Waals surface area contributed by atoms with Crippen molar-refractivity contribution in [2.75, 3.05) is 16.2 Å². The van der Waals surface area contributed by atoms with E-state index in [-0.39, 0.29) is 16.9 Å². The molecule has 0 bridgehead atoms. The van der Waals surface area contributed by atoms with Crippen molar-refractivity contribution in [3.05, 3.63) is 66.2 Å². The Balaban J connectivity index is 1.44. The van der Waals surface area contributed by atoms with Crippen molar-refractivity contribution in [2.24, 2.45) is 0 Å². The second-order valence-electron chi connectivity index (χ2n) is 8.31. The number of hydrogen-bond acceptors (Lipinski definition) is 6. The Morgan fingerprint density at radius 1 is 1.15 bits per heavy atom. The number of benzene rings is 3. The molecule has 2 heterocycles. The zero-order valence-corrected chi connectivity index (χ0v) is 20.5. The third kappa shape index (κ3) is 4.12. The van der Waals surface area contributed by atoms with Crippen LogP contribution in [0, 0.1) is 6.92 Å². The molecule has 0 saturated heterocycles. The number of aromatic nitrogens is 1. The maximum atomic E-state index is 13.2. The van der Waals surface area contributed by atoms with Crippen LogP contribution >= 0.6 is 11.3 Å². The maximum Gasteiger partial charge on any atom is 0.261 e. The van der Waals surface area contributed by atoms with Gasteiger partial charge in [-0.1, -0.05) is 12.1 Å². The van der Waals surface area contributed by atoms with Crippen molar-refractivity contribution in [1.82, 2.24) is 4.98 Å². The second kappa shape index (κ2) is 8.41. The van der Waals surface area contributed by atoms with Crippen molar-refractivity contribution >= 4 is 48.9 Å². The summed E-state index contributed by atoms with van der Waals surface area (Å²) in [6.45, 7) is 5.54. The van der Waals surface area contributed by atoms with Gasteiger partial charge in [-0.3, -0.25) is 9.52 Å². The number of carbonyl (C=O) groups excluding carboxylic acids is 1. The molecule has 1 amide bonds. The lowest BCUT2D eigenvalue weighted by Gasteiger charge is -2.33. The molecule has 9 heteroatoms. The first kappa shape index (κ1) is 22.4. The van der Waals surface area contributed by atoms with Crippen LogP contribution in [0.15, 0.2) is 65.6 Å². The molecule has 5 rings (SSSR count). The zero-order valence-electron chi connectivity index (χ0n) is 18.9. The first-order valence-corrected chi connectivity index (χ1v) is 13.1. The van der Waals surface area contributed by atoms with E-state index >= 15 is 0 Å². The molecule has 0 radical (unpaired) electrons. The van der Waals surface area contributed by atoms with Gasteiger partial charge in [0.2, 0.25) is 5.91 Å². The summed E-state index contributed by atoms with van der Waals surface area (Å²) in [4.78, 5) is 18.4. The van der Waals surface area contributed by atoms with Gasteiger partial charge in [-0.15, -0.1) is 11.3 Å². The highest BCUT2D eigenvalue weighted by molar-refractivity contribution is 7.92. The molecule has 1 aromatic heterocycles. The van der Waals surface area contributed by atoms with Gasteiger partial charge < -0.3 is 9.64 Å². The van der Waals surface area contributed by atoms with E-state index in [4.69, 9.17) is 4.74 Å². The van der Waals surface area contributed by atoms with E-state index in [2.05, 4.69) is 9.71 Å². The summed E-state index contributed by atoms with van der Waals surface area (Å²) in [5, 5.41) is 0.881. The number of nitrogens with zero attached hydrogens (tertiary/aromatic N) is 2. The fourth-order valence-corrected chi connectivity index (χ4v) is 6.11. The molecule has 0 unspecified atom stereocenters. The molecular weight excluding hydrogens is 470 g/mol. The smallest absolute Gasteiger partial charge is 0.261 e. The predicted octanol–water partition coefficient (Wildman–Crippen LogP) is 5.21. The maximum absolute atomic E-state index is 13.2. The molecule has 1 aliphatic heterocycles. The molecule has 174 valence electrons. The molecule has 7 nitrogen and oxygen atoms in total. The average molecular weight is 494 g/mol. The van der Waals surface area contributed by atoms with Gasteiger partial charge in [0.05, 0.1) is 33.0 Å². The number of nitrogens with one attached hydrogen (secondary N) is 1. The van der Waals surface area contributed by atoms with Crippen LogP contribution in [0.2, 0.25) is 0 Å². The van der Waals surface area contributed by atoms with Gasteiger partial charge in [0.25, 0.3) is 10.0 Å². The van der Waals surface area contributed by atoms with Crippen LogP contribution in [0.3, 0.4) is 0 Å². The third-order valence-corrected chi connectivity index (χ3v) is 8.14. The molecule has 34 heavy (non-hydrogen) atoms. The summed E-state index contributed by atoms with van der Waals surface area (Å²) in [5.74, 6) is 0.324. The number of thiazole rings is 1. The Labute approximate surface area is 202 Å². The largest absolute Gasteiger partial charge is 0.487 e. The van der Waals surface area contributed by atoms with E-state index in [1.807, 2.05) is 50.2 Å². The van der Waals surface area contributed by atoms with E-state index in [0.29, 0.717) is 23.7 Å². The van der Waals surface area contributed by atoms with Crippen LogP contribution in [0.1, 0.15) is 19.4 Å². The number of hydrogen-bond donors (Lipinski definition) is 1. The number of amides is 1. The van der Waals surface area contributed by atoms with E-state index in [9.17, 15) is 13.2 Å². The zero-order chi connectivity index (χ0) is 24.0. The first-order chi connectivity index (χ1) is 16.2. The summed E-state index contributed by atoms with van der Waals surface area (Å²) in [5.41, 5.74) is 3.59. The van der Waals surface area contributed by atoms with Crippen LogP contribution < -0.4 is 14.4 Å². The first-order valence-electron chi connectivity index (χ1n) is 10.8. The molecule has 0 fully saturated rings. The number of fused-ring (bicyclic) bond motifs is 2. The van der Waals surface area contributed by atoms with Crippen LogP contribution in [0.5, 0.6) is 5.75 Å². The number of sulfonamides is 1. The van der Waals surface area contributed by atoms with E-state index < -0.39 is 10.0 Å². The quantitative estimate of drug-likeness (QED) is 0.422. The summed E-state index contributed by atoms with van der Waals surface area (Å²) >= 11 is 1.60. The highest BCUT2D eigenvalue weighted by atomic mass is 32.2. The van der Waals surface area contributed by atoms with Gasteiger partial charge >= 0.3 is 0 Å². The molecule has 1 aliphatic rings. The molecule has 4 aromatic rings.